The number of rotatable bonds is 26. The van der Waals surface area contributed by atoms with Crippen molar-refractivity contribution in [1.82, 2.24) is 72.7 Å². The standard InChI is InChI=1S/C63H90N16O14S/c1-37(2)28-44-59(86)71-45(29-39-14-6-5-7-15-39)60(87)72-46(30-40-33-78(4)50-18-9-8-16-42(40)50)58(85)67-38(3)57(84)69-43(56(65)83)17-12-13-22-79-34-41(76-77-79)31-47(61(88)73-48(32-52(64)80)62(89)70-44)68-54(82)35-93-27-26-92-25-24-91-23-21-66-53(81)20-11-10-19-51-55-49(36-94-51)74-63(90)75-55/h5-9,14-16,18,33-34,37-38,43-49,51,55H,10-13,17,19-32,35-36H2,1-4H3,(H2,64,80)(H2,65,83)(H,66,81)(H,67,85)(H,68,82)(H,69,84)(H,70,89)(H,71,86)(H,72,87)(H,73,88)(H2,74,75,90)/t38-,43+,44-,45-,46+,47+,48-,49-,51-,55-/m1/s1. The maximum atomic E-state index is 14.8. The number of urea groups is 1. The van der Waals surface area contributed by atoms with Crippen LogP contribution < -0.4 is 64.6 Å². The van der Waals surface area contributed by atoms with Crippen LogP contribution in [0.3, 0.4) is 0 Å². The highest BCUT2D eigenvalue weighted by atomic mass is 32.2. The van der Waals surface area contributed by atoms with Crippen molar-refractivity contribution in [1.29, 1.82) is 0 Å². The number of hydrogen-bond donors (Lipinski definition) is 12. The first-order valence-corrected chi connectivity index (χ1v) is 33.0. The molecule has 10 atom stereocenters. The molecule has 0 spiro atoms. The zero-order chi connectivity index (χ0) is 67.7. The molecule has 2 aromatic heterocycles. The van der Waals surface area contributed by atoms with E-state index in [0.717, 1.165) is 35.9 Å². The van der Waals surface area contributed by atoms with E-state index in [-0.39, 0.29) is 107 Å². The molecule has 3 aliphatic rings. The Morgan fingerprint density at radius 2 is 1.36 bits per heavy atom. The monoisotopic (exact) mass is 1330 g/mol. The molecular weight excluding hydrogens is 1240 g/mol. The summed E-state index contributed by atoms with van der Waals surface area (Å²) < 4.78 is 20.0. The fourth-order valence-corrected chi connectivity index (χ4v) is 12.8. The van der Waals surface area contributed by atoms with E-state index in [1.807, 2.05) is 53.8 Å². The molecule has 7 rings (SSSR count). The predicted molar refractivity (Wildman–Crippen MR) is 345 cm³/mol. The predicted octanol–water partition coefficient (Wildman–Crippen LogP) is -1.31. The Morgan fingerprint density at radius 1 is 0.702 bits per heavy atom. The van der Waals surface area contributed by atoms with Crippen LogP contribution in [0, 0.1) is 5.92 Å². The number of para-hydroxylation sites is 1. The highest BCUT2D eigenvalue weighted by Gasteiger charge is 2.43. The number of amides is 12. The highest BCUT2D eigenvalue weighted by Crippen LogP contribution is 2.33. The van der Waals surface area contributed by atoms with Gasteiger partial charge in [-0.1, -0.05) is 74.0 Å². The minimum absolute atomic E-state index is 0.00283. The van der Waals surface area contributed by atoms with E-state index in [9.17, 15) is 52.7 Å². The van der Waals surface area contributed by atoms with Crippen molar-refractivity contribution in [3.05, 3.63) is 83.8 Å². The van der Waals surface area contributed by atoms with E-state index < -0.39 is 108 Å². The summed E-state index contributed by atoms with van der Waals surface area (Å²) in [6.07, 6.45) is 5.92. The molecule has 3 aliphatic heterocycles. The summed E-state index contributed by atoms with van der Waals surface area (Å²) in [6.45, 7) is 5.77. The summed E-state index contributed by atoms with van der Waals surface area (Å²) >= 11 is 1.84. The second-order valence-electron chi connectivity index (χ2n) is 24.2. The molecule has 14 N–H and O–H groups in total. The lowest BCUT2D eigenvalue weighted by atomic mass is 9.99. The van der Waals surface area contributed by atoms with Crippen LogP contribution in [0.1, 0.15) is 95.4 Å². The van der Waals surface area contributed by atoms with Gasteiger partial charge in [0.05, 0.1) is 57.2 Å². The molecule has 2 bridgehead atoms. The molecule has 2 fully saturated rings. The molecule has 2 aromatic carbocycles. The van der Waals surface area contributed by atoms with Crippen molar-refractivity contribution >= 4 is 87.8 Å². The van der Waals surface area contributed by atoms with Gasteiger partial charge in [0.1, 0.15) is 48.9 Å². The largest absolute Gasteiger partial charge is 0.377 e. The molecule has 94 heavy (non-hydrogen) atoms. The van der Waals surface area contributed by atoms with Crippen LogP contribution in [-0.4, -0.2) is 196 Å². The lowest BCUT2D eigenvalue weighted by Gasteiger charge is -2.28. The second-order valence-corrected chi connectivity index (χ2v) is 25.5. The summed E-state index contributed by atoms with van der Waals surface area (Å²) in [5.41, 5.74) is 13.8. The molecule has 12 amide bonds. The Balaban J connectivity index is 0.999. The topological polar surface area (TPSA) is 423 Å². The third kappa shape index (κ3) is 23.1. The van der Waals surface area contributed by atoms with Crippen LogP contribution in [0.2, 0.25) is 0 Å². The number of nitrogens with two attached hydrogens (primary N) is 2. The van der Waals surface area contributed by atoms with Crippen LogP contribution in [0.4, 0.5) is 4.79 Å². The maximum Gasteiger partial charge on any atom is 0.315 e. The van der Waals surface area contributed by atoms with Gasteiger partial charge < -0.3 is 83.4 Å². The number of carbonyl (C=O) groups excluding carboxylic acids is 11. The van der Waals surface area contributed by atoms with Gasteiger partial charge in [-0.2, -0.15) is 11.8 Å². The van der Waals surface area contributed by atoms with Crippen molar-refractivity contribution in [3.63, 3.8) is 0 Å². The normalized spacial score (nSPS) is 23.7. The highest BCUT2D eigenvalue weighted by molar-refractivity contribution is 8.00. The van der Waals surface area contributed by atoms with Gasteiger partial charge in [-0.05, 0) is 68.6 Å². The Kier molecular flexibility index (Phi) is 28.4. The molecule has 0 unspecified atom stereocenters. The van der Waals surface area contributed by atoms with Crippen molar-refractivity contribution in [2.75, 3.05) is 51.9 Å². The zero-order valence-electron chi connectivity index (χ0n) is 53.6. The van der Waals surface area contributed by atoms with Gasteiger partial charge in [0, 0.05) is 80.1 Å². The average Bonchev–Trinajstić information content (AvgIpc) is 1.74. The van der Waals surface area contributed by atoms with Gasteiger partial charge in [-0.15, -0.1) is 5.10 Å². The first-order chi connectivity index (χ1) is 45.1. The van der Waals surface area contributed by atoms with E-state index in [2.05, 4.69) is 63.5 Å². The van der Waals surface area contributed by atoms with Crippen molar-refractivity contribution < 1.29 is 67.0 Å². The molecule has 31 heteroatoms. The molecule has 2 saturated heterocycles. The fraction of sp³-hybridized carbons (Fsp3) is 0.571. The van der Waals surface area contributed by atoms with E-state index in [1.165, 1.54) is 17.8 Å². The van der Waals surface area contributed by atoms with Crippen LogP contribution >= 0.6 is 11.8 Å². The first-order valence-electron chi connectivity index (χ1n) is 31.9. The zero-order valence-corrected chi connectivity index (χ0v) is 54.4. The van der Waals surface area contributed by atoms with Gasteiger partial charge in [0.2, 0.25) is 59.1 Å². The van der Waals surface area contributed by atoms with Gasteiger partial charge in [-0.25, -0.2) is 4.79 Å². The van der Waals surface area contributed by atoms with Gasteiger partial charge in [-0.3, -0.25) is 52.6 Å². The van der Waals surface area contributed by atoms with Gasteiger partial charge >= 0.3 is 6.03 Å². The SMILES string of the molecule is CC(C)C[C@H]1NC(=O)[C@@H](CC(N)=O)NC(=O)[C@@H](NC(=O)COCCOCCOCCNC(=O)CCCC[C@H]2SC[C@H]3NC(=O)N[C@H]32)Cc2cn(nn2)CCCC[C@@H](C(N)=O)NC(=O)[C@@H](C)NC(=O)[C@H](Cc2cn(C)c3ccccc23)NC(=O)[C@@H](Cc2ccccc2)NC1=O. The summed E-state index contributed by atoms with van der Waals surface area (Å²) in [5.74, 6) is -7.06. The first kappa shape index (κ1) is 72.7. The molecule has 0 saturated carbocycles. The third-order valence-corrected chi connectivity index (χ3v) is 17.7. The van der Waals surface area contributed by atoms with Crippen LogP contribution in [0.25, 0.3) is 10.9 Å². The van der Waals surface area contributed by atoms with Crippen molar-refractivity contribution in [2.45, 2.75) is 164 Å². The molecular formula is C63H90N16O14S. The average molecular weight is 1330 g/mol. The van der Waals surface area contributed by atoms with E-state index in [4.69, 9.17) is 25.7 Å². The number of nitrogens with zero attached hydrogens (tertiary/aromatic N) is 4. The third-order valence-electron chi connectivity index (χ3n) is 16.1. The van der Waals surface area contributed by atoms with Crippen molar-refractivity contribution in [2.24, 2.45) is 24.4 Å². The lowest BCUT2D eigenvalue weighted by molar-refractivity contribution is -0.136. The van der Waals surface area contributed by atoms with E-state index >= 15 is 0 Å². The van der Waals surface area contributed by atoms with Crippen LogP contribution in [-0.2, 0) is 95.0 Å². The minimum Gasteiger partial charge on any atom is -0.377 e. The number of fused-ring (bicyclic) bond motifs is 4. The number of aromatic nitrogens is 4. The maximum absolute atomic E-state index is 14.8. The Bertz CT molecular complexity index is 3260. The number of thioether (sulfide) groups is 1. The summed E-state index contributed by atoms with van der Waals surface area (Å²) in [4.78, 5) is 149. The summed E-state index contributed by atoms with van der Waals surface area (Å²) in [5, 5.41) is 37.0. The number of nitrogens with one attached hydrogen (secondary N) is 10. The lowest BCUT2D eigenvalue weighted by Crippen LogP contribution is -2.61. The second kappa shape index (κ2) is 36.7. The molecule has 5 heterocycles. The van der Waals surface area contributed by atoms with Crippen molar-refractivity contribution in [3.8, 4) is 0 Å². The minimum atomic E-state index is -1.70. The molecule has 512 valence electrons. The fourth-order valence-electron chi connectivity index (χ4n) is 11.3. The number of ether oxygens (including phenoxy) is 3. The molecule has 0 aliphatic carbocycles. The number of aryl methyl sites for hydroxylation is 2. The molecule has 0 radical (unpaired) electrons. The molecule has 30 nitrogen and oxygen atoms in total. The number of benzene rings is 2. The number of hydrogen-bond acceptors (Lipinski definition) is 17. The number of unbranched alkanes of at least 4 members (excludes halogenated alkanes) is 1. The Morgan fingerprint density at radius 3 is 2.10 bits per heavy atom. The van der Waals surface area contributed by atoms with Gasteiger partial charge in [0.25, 0.3) is 0 Å². The summed E-state index contributed by atoms with van der Waals surface area (Å²) in [6, 6.07) is 6.71. The quantitative estimate of drug-likeness (QED) is 0.0257. The smallest absolute Gasteiger partial charge is 0.315 e. The van der Waals surface area contributed by atoms with Crippen LogP contribution in [0.5, 0.6) is 0 Å². The molecule has 4 aromatic rings. The van der Waals surface area contributed by atoms with E-state index in [1.54, 1.807) is 44.2 Å². The van der Waals surface area contributed by atoms with Crippen LogP contribution in [0.15, 0.2) is 67.0 Å². The Labute approximate surface area is 549 Å². The Hall–Kier alpha value is -8.68. The number of primary amides is 2. The summed E-state index contributed by atoms with van der Waals surface area (Å²) in [7, 11) is 1.83. The van der Waals surface area contributed by atoms with Gasteiger partial charge in [0.15, 0.2) is 0 Å². The number of carbonyl (C=O) groups is 11. The van der Waals surface area contributed by atoms with E-state index in [0.29, 0.717) is 42.2 Å².